The molecule has 0 amide bonds. The Kier molecular flexibility index (Phi) is 5.07. The van der Waals surface area contributed by atoms with Crippen LogP contribution in [0.1, 0.15) is 31.9 Å². The van der Waals surface area contributed by atoms with Crippen molar-refractivity contribution >= 4 is 21.4 Å². The van der Waals surface area contributed by atoms with Crippen LogP contribution >= 0.6 is 11.3 Å². The van der Waals surface area contributed by atoms with E-state index in [1.165, 1.54) is 15.9 Å². The van der Waals surface area contributed by atoms with Crippen LogP contribution in [0, 0.1) is 0 Å². The summed E-state index contributed by atoms with van der Waals surface area (Å²) in [4.78, 5) is 19.7. The zero-order valence-corrected chi connectivity index (χ0v) is 14.3. The van der Waals surface area contributed by atoms with E-state index in [2.05, 4.69) is 33.8 Å². The molecule has 0 atom stereocenters. The first kappa shape index (κ1) is 16.1. The highest BCUT2D eigenvalue weighted by atomic mass is 32.1. The van der Waals surface area contributed by atoms with Crippen molar-refractivity contribution in [2.45, 2.75) is 38.6 Å². The van der Waals surface area contributed by atoms with Crippen LogP contribution in [0.3, 0.4) is 0 Å². The molecule has 0 spiro atoms. The van der Waals surface area contributed by atoms with Crippen molar-refractivity contribution in [1.82, 2.24) is 19.5 Å². The first-order valence-electron chi connectivity index (χ1n) is 8.19. The lowest BCUT2D eigenvalue weighted by Crippen LogP contribution is -2.39. The van der Waals surface area contributed by atoms with Crippen LogP contribution in [0.25, 0.3) is 4.96 Å². The lowest BCUT2D eigenvalue weighted by molar-refractivity contribution is 0.240. The molecule has 6 nitrogen and oxygen atoms in total. The summed E-state index contributed by atoms with van der Waals surface area (Å²) >= 11 is 1.46. The predicted molar refractivity (Wildman–Crippen MR) is 94.4 cm³/mol. The third-order valence-corrected chi connectivity index (χ3v) is 4.95. The van der Waals surface area contributed by atoms with Crippen LogP contribution < -0.4 is 10.9 Å². The maximum Gasteiger partial charge on any atom is 0.275 e. The van der Waals surface area contributed by atoms with Gasteiger partial charge in [0.15, 0.2) is 0 Å². The summed E-state index contributed by atoms with van der Waals surface area (Å²) in [6.45, 7) is 8.95. The number of aromatic nitrogens is 3. The third kappa shape index (κ3) is 3.79. The molecule has 3 rings (SSSR count). The fourth-order valence-electron chi connectivity index (χ4n) is 2.92. The molecular weight excluding hydrogens is 310 g/mol. The predicted octanol–water partition coefficient (Wildman–Crippen LogP) is 2.17. The standard InChI is InChI=1S/C16H23N5OS/c1-3-5-13-11-14(22)21-16(18-13)23-15(19-21)17-12-6-9-20(8-4-2)10-7-12/h4,11-12H,2-3,5-10H2,1H3,(H,17,19). The largest absolute Gasteiger partial charge is 0.357 e. The molecular formula is C16H23N5OS. The van der Waals surface area contributed by atoms with Crippen molar-refractivity contribution in [3.63, 3.8) is 0 Å². The van der Waals surface area contributed by atoms with E-state index in [0.29, 0.717) is 11.0 Å². The van der Waals surface area contributed by atoms with Crippen LogP contribution in [0.2, 0.25) is 0 Å². The Morgan fingerprint density at radius 1 is 1.48 bits per heavy atom. The molecule has 3 heterocycles. The zero-order chi connectivity index (χ0) is 16.2. The molecule has 1 fully saturated rings. The minimum absolute atomic E-state index is 0.0939. The zero-order valence-electron chi connectivity index (χ0n) is 13.5. The molecule has 0 saturated carbocycles. The highest BCUT2D eigenvalue weighted by molar-refractivity contribution is 7.20. The lowest BCUT2D eigenvalue weighted by atomic mass is 10.1. The summed E-state index contributed by atoms with van der Waals surface area (Å²) in [5.41, 5.74) is 0.758. The third-order valence-electron chi connectivity index (χ3n) is 4.11. The first-order valence-corrected chi connectivity index (χ1v) is 9.01. The SMILES string of the molecule is C=CCN1CCC(Nc2nn3c(=O)cc(CCC)nc3s2)CC1. The number of likely N-dealkylation sites (tertiary alicyclic amines) is 1. The molecule has 23 heavy (non-hydrogen) atoms. The van der Waals surface area contributed by atoms with Crippen molar-refractivity contribution < 1.29 is 0 Å². The molecule has 2 aromatic heterocycles. The second-order valence-electron chi connectivity index (χ2n) is 5.95. The van der Waals surface area contributed by atoms with Gasteiger partial charge < -0.3 is 5.32 Å². The van der Waals surface area contributed by atoms with Crippen molar-refractivity contribution in [3.05, 3.63) is 34.8 Å². The Morgan fingerprint density at radius 2 is 2.26 bits per heavy atom. The fourth-order valence-corrected chi connectivity index (χ4v) is 3.82. The summed E-state index contributed by atoms with van der Waals surface area (Å²) in [5, 5.41) is 8.63. The minimum Gasteiger partial charge on any atom is -0.357 e. The van der Waals surface area contributed by atoms with Crippen molar-refractivity contribution in [3.8, 4) is 0 Å². The van der Waals surface area contributed by atoms with E-state index in [4.69, 9.17) is 0 Å². The smallest absolute Gasteiger partial charge is 0.275 e. The number of fused-ring (bicyclic) bond motifs is 1. The van der Waals surface area contributed by atoms with Crippen LogP contribution in [0.15, 0.2) is 23.5 Å². The number of hydrogen-bond donors (Lipinski definition) is 1. The Morgan fingerprint density at radius 3 is 2.96 bits per heavy atom. The van der Waals surface area contributed by atoms with Gasteiger partial charge in [-0.15, -0.1) is 11.7 Å². The highest BCUT2D eigenvalue weighted by Crippen LogP contribution is 2.21. The molecule has 124 valence electrons. The molecule has 1 saturated heterocycles. The van der Waals surface area contributed by atoms with Gasteiger partial charge in [0, 0.05) is 37.4 Å². The van der Waals surface area contributed by atoms with Crippen LogP contribution in [0.5, 0.6) is 0 Å². The van der Waals surface area contributed by atoms with Gasteiger partial charge in [-0.05, 0) is 19.3 Å². The molecule has 0 aromatic carbocycles. The normalized spacial score (nSPS) is 16.7. The molecule has 1 aliphatic heterocycles. The Bertz CT molecular complexity index is 730. The number of hydrogen-bond acceptors (Lipinski definition) is 6. The molecule has 1 N–H and O–H groups in total. The topological polar surface area (TPSA) is 62.5 Å². The molecule has 7 heteroatoms. The van der Waals surface area contributed by atoms with Crippen molar-refractivity contribution in [2.24, 2.45) is 0 Å². The second-order valence-corrected chi connectivity index (χ2v) is 6.90. The molecule has 0 unspecified atom stereocenters. The van der Waals surface area contributed by atoms with Gasteiger partial charge in [0.05, 0.1) is 0 Å². The van der Waals surface area contributed by atoms with Gasteiger partial charge in [-0.3, -0.25) is 9.69 Å². The number of nitrogens with one attached hydrogen (secondary N) is 1. The minimum atomic E-state index is -0.0939. The van der Waals surface area contributed by atoms with Gasteiger partial charge in [0.1, 0.15) is 0 Å². The number of piperidine rings is 1. The number of nitrogens with zero attached hydrogens (tertiary/aromatic N) is 4. The lowest BCUT2D eigenvalue weighted by Gasteiger charge is -2.31. The quantitative estimate of drug-likeness (QED) is 0.821. The summed E-state index contributed by atoms with van der Waals surface area (Å²) in [6, 6.07) is 2.00. The molecule has 0 radical (unpaired) electrons. The number of aryl methyl sites for hydroxylation is 1. The van der Waals surface area contributed by atoms with Crippen LogP contribution in [-0.4, -0.2) is 45.2 Å². The maximum atomic E-state index is 12.1. The van der Waals surface area contributed by atoms with Gasteiger partial charge >= 0.3 is 0 Å². The molecule has 0 aliphatic carbocycles. The van der Waals surface area contributed by atoms with Gasteiger partial charge in [-0.2, -0.15) is 4.52 Å². The maximum absolute atomic E-state index is 12.1. The Balaban J connectivity index is 1.70. The van der Waals surface area contributed by atoms with E-state index in [1.807, 2.05) is 6.08 Å². The number of anilines is 1. The first-order chi connectivity index (χ1) is 11.2. The van der Waals surface area contributed by atoms with E-state index < -0.39 is 0 Å². The molecule has 2 aromatic rings. The van der Waals surface area contributed by atoms with Crippen LogP contribution in [0.4, 0.5) is 5.13 Å². The van der Waals surface area contributed by atoms with Gasteiger partial charge in [0.25, 0.3) is 5.56 Å². The summed E-state index contributed by atoms with van der Waals surface area (Å²) in [7, 11) is 0. The molecule has 1 aliphatic rings. The molecule has 0 bridgehead atoms. The average Bonchev–Trinajstić information content (AvgIpc) is 2.93. The summed E-state index contributed by atoms with van der Waals surface area (Å²) in [6.07, 6.45) is 5.91. The Labute approximate surface area is 139 Å². The van der Waals surface area contributed by atoms with E-state index >= 15 is 0 Å². The van der Waals surface area contributed by atoms with Gasteiger partial charge in [0.2, 0.25) is 10.1 Å². The Hall–Kier alpha value is -1.73. The van der Waals surface area contributed by atoms with Gasteiger partial charge in [-0.1, -0.05) is 30.8 Å². The fraction of sp³-hybridized carbons (Fsp3) is 0.562. The van der Waals surface area contributed by atoms with E-state index in [-0.39, 0.29) is 5.56 Å². The van der Waals surface area contributed by atoms with E-state index in [0.717, 1.165) is 56.1 Å². The van der Waals surface area contributed by atoms with Gasteiger partial charge in [-0.25, -0.2) is 4.98 Å². The average molecular weight is 333 g/mol. The highest BCUT2D eigenvalue weighted by Gasteiger charge is 2.19. The van der Waals surface area contributed by atoms with E-state index in [9.17, 15) is 4.79 Å². The van der Waals surface area contributed by atoms with Crippen molar-refractivity contribution in [2.75, 3.05) is 25.0 Å². The van der Waals surface area contributed by atoms with Crippen molar-refractivity contribution in [1.29, 1.82) is 0 Å². The summed E-state index contributed by atoms with van der Waals surface area (Å²) in [5.74, 6) is 0. The number of rotatable bonds is 6. The second kappa shape index (κ2) is 7.23. The monoisotopic (exact) mass is 333 g/mol. The van der Waals surface area contributed by atoms with E-state index in [1.54, 1.807) is 6.07 Å². The summed E-state index contributed by atoms with van der Waals surface area (Å²) < 4.78 is 1.40. The van der Waals surface area contributed by atoms with Crippen LogP contribution in [-0.2, 0) is 6.42 Å².